The summed E-state index contributed by atoms with van der Waals surface area (Å²) >= 11 is 5.47. The predicted octanol–water partition coefficient (Wildman–Crippen LogP) is 2.82. The number of alkyl halides is 1. The van der Waals surface area contributed by atoms with E-state index in [2.05, 4.69) is 33.0 Å². The summed E-state index contributed by atoms with van der Waals surface area (Å²) in [7, 11) is 0. The van der Waals surface area contributed by atoms with Gasteiger partial charge in [-0.2, -0.15) is 0 Å². The number of rotatable bonds is 8. The van der Waals surface area contributed by atoms with Gasteiger partial charge in [-0.25, -0.2) is 0 Å². The molecule has 0 aromatic heterocycles. The lowest BCUT2D eigenvalue weighted by Gasteiger charge is -2.26. The van der Waals surface area contributed by atoms with Crippen LogP contribution in [0, 0.1) is 11.3 Å². The predicted molar refractivity (Wildman–Crippen MR) is 72.4 cm³/mol. The molecule has 0 aromatic carbocycles. The molecule has 0 aliphatic carbocycles. The molecule has 0 aromatic rings. The standard InChI is InChI=1S/C13H26ClNO2/c1-11(13(2,3)4)10-12(16)15-7-5-8-17-9-6-14/h11H,5-10H2,1-4H3,(H,15,16). The number of nitrogens with one attached hydrogen (secondary N) is 1. The topological polar surface area (TPSA) is 38.3 Å². The summed E-state index contributed by atoms with van der Waals surface area (Å²) in [5.41, 5.74) is 0.181. The molecule has 0 aliphatic rings. The molecule has 1 atom stereocenters. The van der Waals surface area contributed by atoms with Gasteiger partial charge in [-0.3, -0.25) is 4.79 Å². The van der Waals surface area contributed by atoms with Crippen molar-refractivity contribution in [1.29, 1.82) is 0 Å². The van der Waals surface area contributed by atoms with Crippen molar-refractivity contribution in [2.24, 2.45) is 11.3 Å². The van der Waals surface area contributed by atoms with Gasteiger partial charge in [-0.1, -0.05) is 27.7 Å². The zero-order chi connectivity index (χ0) is 13.3. The highest BCUT2D eigenvalue weighted by Gasteiger charge is 2.22. The maximum atomic E-state index is 11.6. The fourth-order valence-electron chi connectivity index (χ4n) is 1.22. The Hall–Kier alpha value is -0.280. The monoisotopic (exact) mass is 263 g/mol. The number of carbonyl (C=O) groups is 1. The van der Waals surface area contributed by atoms with Crippen LogP contribution in [0.25, 0.3) is 0 Å². The van der Waals surface area contributed by atoms with Gasteiger partial charge < -0.3 is 10.1 Å². The van der Waals surface area contributed by atoms with Crippen molar-refractivity contribution < 1.29 is 9.53 Å². The summed E-state index contributed by atoms with van der Waals surface area (Å²) in [6, 6.07) is 0. The molecule has 0 saturated heterocycles. The zero-order valence-electron chi connectivity index (χ0n) is 11.5. The van der Waals surface area contributed by atoms with Crippen LogP contribution in [0.4, 0.5) is 0 Å². The lowest BCUT2D eigenvalue weighted by molar-refractivity contribution is -0.122. The van der Waals surface area contributed by atoms with Crippen molar-refractivity contribution in [3.63, 3.8) is 0 Å². The molecule has 0 saturated carbocycles. The Balaban J connectivity index is 3.53. The van der Waals surface area contributed by atoms with Gasteiger partial charge in [-0.15, -0.1) is 11.6 Å². The Kier molecular flexibility index (Phi) is 8.61. The van der Waals surface area contributed by atoms with E-state index >= 15 is 0 Å². The van der Waals surface area contributed by atoms with E-state index < -0.39 is 0 Å². The lowest BCUT2D eigenvalue weighted by atomic mass is 9.80. The number of hydrogen-bond acceptors (Lipinski definition) is 2. The average molecular weight is 264 g/mol. The normalized spacial score (nSPS) is 13.5. The smallest absolute Gasteiger partial charge is 0.220 e. The highest BCUT2D eigenvalue weighted by atomic mass is 35.5. The number of carbonyl (C=O) groups excluding carboxylic acids is 1. The van der Waals surface area contributed by atoms with Crippen LogP contribution in [-0.2, 0) is 9.53 Å². The van der Waals surface area contributed by atoms with Crippen molar-refractivity contribution in [3.05, 3.63) is 0 Å². The van der Waals surface area contributed by atoms with Gasteiger partial charge in [0.15, 0.2) is 0 Å². The van der Waals surface area contributed by atoms with Gasteiger partial charge in [0.25, 0.3) is 0 Å². The van der Waals surface area contributed by atoms with Crippen LogP contribution in [0.5, 0.6) is 0 Å². The first kappa shape index (κ1) is 16.7. The molecule has 0 fully saturated rings. The quantitative estimate of drug-likeness (QED) is 0.540. The van der Waals surface area contributed by atoms with E-state index in [0.717, 1.165) is 6.42 Å². The maximum absolute atomic E-state index is 11.6. The number of ether oxygens (including phenoxy) is 1. The van der Waals surface area contributed by atoms with Crippen molar-refractivity contribution in [2.75, 3.05) is 25.6 Å². The van der Waals surface area contributed by atoms with Crippen molar-refractivity contribution >= 4 is 17.5 Å². The van der Waals surface area contributed by atoms with E-state index in [1.165, 1.54) is 0 Å². The summed E-state index contributed by atoms with van der Waals surface area (Å²) in [6.07, 6.45) is 1.43. The first-order chi connectivity index (χ1) is 7.88. The molecule has 3 nitrogen and oxygen atoms in total. The summed E-state index contributed by atoms with van der Waals surface area (Å²) in [5.74, 6) is 1.04. The van der Waals surface area contributed by atoms with E-state index in [1.807, 2.05) is 0 Å². The van der Waals surface area contributed by atoms with Crippen molar-refractivity contribution in [3.8, 4) is 0 Å². The highest BCUT2D eigenvalue weighted by molar-refractivity contribution is 6.17. The highest BCUT2D eigenvalue weighted by Crippen LogP contribution is 2.27. The second-order valence-electron chi connectivity index (χ2n) is 5.48. The summed E-state index contributed by atoms with van der Waals surface area (Å²) in [4.78, 5) is 11.6. The summed E-state index contributed by atoms with van der Waals surface area (Å²) < 4.78 is 5.22. The van der Waals surface area contributed by atoms with E-state index in [1.54, 1.807) is 0 Å². The van der Waals surface area contributed by atoms with Crippen LogP contribution >= 0.6 is 11.6 Å². The van der Waals surface area contributed by atoms with Gasteiger partial charge in [0, 0.05) is 25.5 Å². The Labute approximate surface area is 110 Å². The number of halogens is 1. The largest absolute Gasteiger partial charge is 0.380 e. The number of hydrogen-bond donors (Lipinski definition) is 1. The molecule has 0 bridgehead atoms. The van der Waals surface area contributed by atoms with Crippen LogP contribution in [-0.4, -0.2) is 31.5 Å². The minimum atomic E-state index is 0.129. The molecule has 17 heavy (non-hydrogen) atoms. The fraction of sp³-hybridized carbons (Fsp3) is 0.923. The molecular weight excluding hydrogens is 238 g/mol. The summed E-state index contributed by atoms with van der Waals surface area (Å²) in [5, 5.41) is 2.91. The van der Waals surface area contributed by atoms with E-state index in [0.29, 0.717) is 38.0 Å². The fourth-order valence-corrected chi connectivity index (χ4v) is 1.32. The lowest BCUT2D eigenvalue weighted by Crippen LogP contribution is -2.30. The molecule has 0 heterocycles. The summed E-state index contributed by atoms with van der Waals surface area (Å²) in [6.45, 7) is 10.5. The molecule has 0 radical (unpaired) electrons. The van der Waals surface area contributed by atoms with Crippen LogP contribution in [0.3, 0.4) is 0 Å². The first-order valence-electron chi connectivity index (χ1n) is 6.28. The average Bonchev–Trinajstić information content (AvgIpc) is 2.21. The molecule has 102 valence electrons. The van der Waals surface area contributed by atoms with Gasteiger partial charge in [0.1, 0.15) is 0 Å². The van der Waals surface area contributed by atoms with E-state index in [-0.39, 0.29) is 11.3 Å². The zero-order valence-corrected chi connectivity index (χ0v) is 12.3. The number of amides is 1. The van der Waals surface area contributed by atoms with E-state index in [4.69, 9.17) is 16.3 Å². The molecule has 4 heteroatoms. The molecule has 0 aliphatic heterocycles. The van der Waals surface area contributed by atoms with Gasteiger partial charge in [0.05, 0.1) is 6.61 Å². The Morgan fingerprint density at radius 1 is 1.35 bits per heavy atom. The Morgan fingerprint density at radius 3 is 2.53 bits per heavy atom. The molecule has 0 spiro atoms. The first-order valence-corrected chi connectivity index (χ1v) is 6.81. The third-order valence-corrected chi connectivity index (χ3v) is 3.13. The minimum absolute atomic E-state index is 0.129. The third kappa shape index (κ3) is 9.42. The van der Waals surface area contributed by atoms with Crippen molar-refractivity contribution in [1.82, 2.24) is 5.32 Å². The van der Waals surface area contributed by atoms with Gasteiger partial charge in [0.2, 0.25) is 5.91 Å². The second-order valence-corrected chi connectivity index (χ2v) is 5.85. The minimum Gasteiger partial charge on any atom is -0.380 e. The molecule has 0 rings (SSSR count). The van der Waals surface area contributed by atoms with Gasteiger partial charge >= 0.3 is 0 Å². The second kappa shape index (κ2) is 8.76. The maximum Gasteiger partial charge on any atom is 0.220 e. The SMILES string of the molecule is CC(CC(=O)NCCCOCCCl)C(C)(C)C. The van der Waals surface area contributed by atoms with Crippen molar-refractivity contribution in [2.45, 2.75) is 40.5 Å². The van der Waals surface area contributed by atoms with Crippen LogP contribution < -0.4 is 5.32 Å². The molecular formula is C13H26ClNO2. The molecule has 1 unspecified atom stereocenters. The van der Waals surface area contributed by atoms with E-state index in [9.17, 15) is 4.79 Å². The Morgan fingerprint density at radius 2 is 2.00 bits per heavy atom. The molecule has 1 amide bonds. The van der Waals surface area contributed by atoms with Crippen LogP contribution in [0.2, 0.25) is 0 Å². The Bertz CT molecular complexity index is 214. The van der Waals surface area contributed by atoms with Crippen LogP contribution in [0.15, 0.2) is 0 Å². The van der Waals surface area contributed by atoms with Crippen LogP contribution in [0.1, 0.15) is 40.5 Å². The third-order valence-electron chi connectivity index (χ3n) is 2.98. The molecule has 1 N–H and O–H groups in total. The van der Waals surface area contributed by atoms with Gasteiger partial charge in [-0.05, 0) is 17.8 Å².